The molecular weight excluding hydrogens is 354 g/mol. The van der Waals surface area contributed by atoms with Gasteiger partial charge in [-0.3, -0.25) is 4.99 Å². The van der Waals surface area contributed by atoms with Crippen LogP contribution in [0.2, 0.25) is 0 Å². The van der Waals surface area contributed by atoms with Crippen molar-refractivity contribution in [2.24, 2.45) is 4.99 Å². The molecule has 1 aliphatic carbocycles. The Labute approximate surface area is 172 Å². The van der Waals surface area contributed by atoms with Crippen LogP contribution < -0.4 is 5.32 Å². The van der Waals surface area contributed by atoms with Gasteiger partial charge < -0.3 is 24.4 Å². The highest BCUT2D eigenvalue weighted by Crippen LogP contribution is 2.20. The van der Waals surface area contributed by atoms with Gasteiger partial charge in [-0.05, 0) is 51.4 Å². The Morgan fingerprint density at radius 2 is 1.54 bits per heavy atom. The molecule has 0 aromatic rings. The number of hydrogen-bond donors (Lipinski definition) is 1. The zero-order valence-electron chi connectivity index (χ0n) is 18.3. The fraction of sp³-hybridized carbons (Fsp3) is 0.955. The molecule has 0 spiro atoms. The Morgan fingerprint density at radius 1 is 0.857 bits per heavy atom. The number of piperidine rings is 1. The van der Waals surface area contributed by atoms with E-state index in [2.05, 4.69) is 15.2 Å². The molecular formula is C22H43N3O3. The van der Waals surface area contributed by atoms with Gasteiger partial charge in [0.05, 0.1) is 12.2 Å². The minimum absolute atomic E-state index is 0.385. The zero-order valence-corrected chi connectivity index (χ0v) is 18.3. The third kappa shape index (κ3) is 9.57. The molecule has 0 atom stereocenters. The second-order valence-electron chi connectivity index (χ2n) is 8.07. The predicted molar refractivity (Wildman–Crippen MR) is 115 cm³/mol. The summed E-state index contributed by atoms with van der Waals surface area (Å²) in [6, 6.07) is 0. The average molecular weight is 398 g/mol. The highest BCUT2D eigenvalue weighted by atomic mass is 16.5. The molecule has 164 valence electrons. The Kier molecular flexibility index (Phi) is 12.6. The van der Waals surface area contributed by atoms with E-state index in [0.717, 1.165) is 64.7 Å². The fourth-order valence-electron chi connectivity index (χ4n) is 4.11. The SMILES string of the molecule is CN=C(NCCCCCOC1CCCCC1)N1CCC(OCCCOC)CC1. The van der Waals surface area contributed by atoms with Crippen molar-refractivity contribution in [3.63, 3.8) is 0 Å². The van der Waals surface area contributed by atoms with Crippen LogP contribution in [0.4, 0.5) is 0 Å². The monoisotopic (exact) mass is 397 g/mol. The zero-order chi connectivity index (χ0) is 19.9. The van der Waals surface area contributed by atoms with Gasteiger partial charge in [-0.1, -0.05) is 19.3 Å². The molecule has 0 bridgehead atoms. The quantitative estimate of drug-likeness (QED) is 0.310. The Balaban J connectivity index is 1.47. The van der Waals surface area contributed by atoms with Crippen LogP contribution in [0.1, 0.15) is 70.6 Å². The minimum Gasteiger partial charge on any atom is -0.385 e. The van der Waals surface area contributed by atoms with E-state index in [1.54, 1.807) is 7.11 Å². The van der Waals surface area contributed by atoms with Crippen molar-refractivity contribution in [1.82, 2.24) is 10.2 Å². The number of guanidine groups is 1. The van der Waals surface area contributed by atoms with E-state index in [-0.39, 0.29) is 0 Å². The summed E-state index contributed by atoms with van der Waals surface area (Å²) in [6.07, 6.45) is 14.3. The van der Waals surface area contributed by atoms with E-state index in [0.29, 0.717) is 12.2 Å². The maximum Gasteiger partial charge on any atom is 0.193 e. The number of nitrogens with one attached hydrogen (secondary N) is 1. The first kappa shape index (κ1) is 23.4. The van der Waals surface area contributed by atoms with Crippen molar-refractivity contribution in [2.75, 3.05) is 53.6 Å². The van der Waals surface area contributed by atoms with Gasteiger partial charge in [0.1, 0.15) is 0 Å². The van der Waals surface area contributed by atoms with Crippen LogP contribution in [0.5, 0.6) is 0 Å². The van der Waals surface area contributed by atoms with Gasteiger partial charge in [-0.2, -0.15) is 0 Å². The molecule has 6 heteroatoms. The molecule has 1 N–H and O–H groups in total. The standard InChI is InChI=1S/C22H43N3O3/c1-23-22(25-15-12-21(13-16-25)28-19-9-17-26-2)24-14-7-4-8-18-27-20-10-5-3-6-11-20/h20-21H,3-19H2,1-2H3,(H,23,24). The largest absolute Gasteiger partial charge is 0.385 e. The summed E-state index contributed by atoms with van der Waals surface area (Å²) in [5.74, 6) is 1.04. The Hall–Kier alpha value is -0.850. The molecule has 6 nitrogen and oxygen atoms in total. The van der Waals surface area contributed by atoms with E-state index in [9.17, 15) is 0 Å². The van der Waals surface area contributed by atoms with Gasteiger partial charge in [0.25, 0.3) is 0 Å². The Bertz CT molecular complexity index is 406. The average Bonchev–Trinajstić information content (AvgIpc) is 2.75. The van der Waals surface area contributed by atoms with Crippen molar-refractivity contribution in [2.45, 2.75) is 82.8 Å². The van der Waals surface area contributed by atoms with E-state index < -0.39 is 0 Å². The first-order valence-corrected chi connectivity index (χ1v) is 11.5. The maximum absolute atomic E-state index is 6.01. The third-order valence-corrected chi connectivity index (χ3v) is 5.81. The summed E-state index contributed by atoms with van der Waals surface area (Å²) in [6.45, 7) is 5.53. The number of aliphatic imine (C=N–C) groups is 1. The molecule has 1 heterocycles. The number of unbranched alkanes of at least 4 members (excludes halogenated alkanes) is 2. The molecule has 0 aromatic carbocycles. The summed E-state index contributed by atoms with van der Waals surface area (Å²) >= 11 is 0. The second-order valence-corrected chi connectivity index (χ2v) is 8.07. The summed E-state index contributed by atoms with van der Waals surface area (Å²) < 4.78 is 17.0. The number of rotatable bonds is 12. The lowest BCUT2D eigenvalue weighted by atomic mass is 9.98. The molecule has 0 unspecified atom stereocenters. The molecule has 1 saturated carbocycles. The molecule has 1 saturated heterocycles. The number of likely N-dealkylation sites (tertiary alicyclic amines) is 1. The van der Waals surface area contributed by atoms with Crippen LogP contribution in [-0.2, 0) is 14.2 Å². The van der Waals surface area contributed by atoms with Crippen molar-refractivity contribution in [3.05, 3.63) is 0 Å². The minimum atomic E-state index is 0.385. The predicted octanol–water partition coefficient (Wildman–Crippen LogP) is 3.60. The van der Waals surface area contributed by atoms with Crippen molar-refractivity contribution < 1.29 is 14.2 Å². The highest BCUT2D eigenvalue weighted by molar-refractivity contribution is 5.79. The van der Waals surface area contributed by atoms with Gasteiger partial charge in [-0.15, -0.1) is 0 Å². The molecule has 1 aliphatic heterocycles. The normalized spacial score (nSPS) is 19.9. The lowest BCUT2D eigenvalue weighted by Gasteiger charge is -2.34. The van der Waals surface area contributed by atoms with Crippen LogP contribution in [0, 0.1) is 0 Å². The van der Waals surface area contributed by atoms with Gasteiger partial charge in [0, 0.05) is 53.6 Å². The summed E-state index contributed by atoms with van der Waals surface area (Å²) in [5, 5.41) is 3.53. The van der Waals surface area contributed by atoms with Gasteiger partial charge in [-0.25, -0.2) is 0 Å². The fourth-order valence-corrected chi connectivity index (χ4v) is 4.11. The van der Waals surface area contributed by atoms with Crippen LogP contribution >= 0.6 is 0 Å². The first-order chi connectivity index (χ1) is 13.8. The molecule has 0 aromatic heterocycles. The summed E-state index contributed by atoms with van der Waals surface area (Å²) in [4.78, 5) is 6.83. The lowest BCUT2D eigenvalue weighted by molar-refractivity contribution is 0.00991. The van der Waals surface area contributed by atoms with E-state index in [1.165, 1.54) is 51.4 Å². The van der Waals surface area contributed by atoms with Crippen LogP contribution in [-0.4, -0.2) is 76.7 Å². The van der Waals surface area contributed by atoms with E-state index in [4.69, 9.17) is 14.2 Å². The van der Waals surface area contributed by atoms with Gasteiger partial charge in [0.15, 0.2) is 5.96 Å². The van der Waals surface area contributed by atoms with Crippen LogP contribution in [0.3, 0.4) is 0 Å². The Morgan fingerprint density at radius 3 is 2.21 bits per heavy atom. The number of hydrogen-bond acceptors (Lipinski definition) is 4. The molecule has 2 fully saturated rings. The van der Waals surface area contributed by atoms with Crippen molar-refractivity contribution in [1.29, 1.82) is 0 Å². The third-order valence-electron chi connectivity index (χ3n) is 5.81. The van der Waals surface area contributed by atoms with Crippen molar-refractivity contribution in [3.8, 4) is 0 Å². The van der Waals surface area contributed by atoms with Crippen molar-refractivity contribution >= 4 is 5.96 Å². The molecule has 2 rings (SSSR count). The van der Waals surface area contributed by atoms with E-state index >= 15 is 0 Å². The van der Waals surface area contributed by atoms with Crippen LogP contribution in [0.15, 0.2) is 4.99 Å². The molecule has 0 radical (unpaired) electrons. The topological polar surface area (TPSA) is 55.3 Å². The van der Waals surface area contributed by atoms with Gasteiger partial charge >= 0.3 is 0 Å². The van der Waals surface area contributed by atoms with Gasteiger partial charge in [0.2, 0.25) is 0 Å². The summed E-state index contributed by atoms with van der Waals surface area (Å²) in [5.41, 5.74) is 0. The van der Waals surface area contributed by atoms with Crippen LogP contribution in [0.25, 0.3) is 0 Å². The maximum atomic E-state index is 6.01. The first-order valence-electron chi connectivity index (χ1n) is 11.5. The van der Waals surface area contributed by atoms with E-state index in [1.807, 2.05) is 7.05 Å². The molecule has 0 amide bonds. The number of methoxy groups -OCH3 is 1. The lowest BCUT2D eigenvalue weighted by Crippen LogP contribution is -2.47. The summed E-state index contributed by atoms with van der Waals surface area (Å²) in [7, 11) is 3.62. The molecule has 2 aliphatic rings. The highest BCUT2D eigenvalue weighted by Gasteiger charge is 2.21. The smallest absolute Gasteiger partial charge is 0.193 e. The number of ether oxygens (including phenoxy) is 3. The second kappa shape index (κ2) is 15.1. The number of nitrogens with zero attached hydrogens (tertiary/aromatic N) is 2. The molecule has 28 heavy (non-hydrogen) atoms.